The Kier molecular flexibility index (Phi) is 6.38. The molecular weight excluding hydrogens is 421 g/mol. The van der Waals surface area contributed by atoms with E-state index in [0.717, 1.165) is 16.8 Å². The minimum atomic E-state index is -0.423. The van der Waals surface area contributed by atoms with Gasteiger partial charge in [0, 0.05) is 30.4 Å². The molecule has 33 heavy (non-hydrogen) atoms. The third-order valence-electron chi connectivity index (χ3n) is 5.37. The lowest BCUT2D eigenvalue weighted by atomic mass is 9.94. The molecule has 1 aliphatic rings. The summed E-state index contributed by atoms with van der Waals surface area (Å²) in [6.45, 7) is 3.88. The van der Waals surface area contributed by atoms with Gasteiger partial charge in [-0.05, 0) is 48.7 Å². The Morgan fingerprint density at radius 3 is 2.82 bits per heavy atom. The van der Waals surface area contributed by atoms with Crippen LogP contribution in [-0.4, -0.2) is 27.4 Å². The fourth-order valence-corrected chi connectivity index (χ4v) is 3.70. The van der Waals surface area contributed by atoms with Crippen LogP contribution < -0.4 is 16.0 Å². The van der Waals surface area contributed by atoms with Crippen LogP contribution in [0.25, 0.3) is 5.57 Å². The first kappa shape index (κ1) is 22.0. The first-order valence-corrected chi connectivity index (χ1v) is 10.4. The highest BCUT2D eigenvalue weighted by atomic mass is 19.1. The number of hydrogen-bond donors (Lipinski definition) is 3. The van der Waals surface area contributed by atoms with Crippen molar-refractivity contribution in [1.82, 2.24) is 20.3 Å². The van der Waals surface area contributed by atoms with Crippen LogP contribution in [0.4, 0.5) is 21.7 Å². The highest BCUT2D eigenvalue weighted by Crippen LogP contribution is 2.31. The van der Waals surface area contributed by atoms with Crippen molar-refractivity contribution in [2.24, 2.45) is 0 Å². The average Bonchev–Trinajstić information content (AvgIpc) is 2.81. The van der Waals surface area contributed by atoms with Crippen molar-refractivity contribution in [2.75, 3.05) is 17.2 Å². The molecule has 1 aliphatic heterocycles. The van der Waals surface area contributed by atoms with Crippen molar-refractivity contribution in [1.29, 1.82) is 5.26 Å². The molecule has 1 amide bonds. The van der Waals surface area contributed by atoms with Gasteiger partial charge in [-0.2, -0.15) is 10.2 Å². The molecule has 2 aromatic carbocycles. The van der Waals surface area contributed by atoms with Gasteiger partial charge in [0.05, 0.1) is 17.7 Å². The molecule has 4 rings (SSSR count). The van der Waals surface area contributed by atoms with E-state index >= 15 is 0 Å². The predicted octanol–water partition coefficient (Wildman–Crippen LogP) is 4.01. The highest BCUT2D eigenvalue weighted by molar-refractivity contribution is 5.90. The summed E-state index contributed by atoms with van der Waals surface area (Å²) >= 11 is 0. The number of benzene rings is 2. The topological polar surface area (TPSA) is 116 Å². The second kappa shape index (κ2) is 9.54. The molecule has 1 unspecified atom stereocenters. The van der Waals surface area contributed by atoms with E-state index in [0.29, 0.717) is 36.0 Å². The highest BCUT2D eigenvalue weighted by Gasteiger charge is 2.22. The summed E-state index contributed by atoms with van der Waals surface area (Å²) in [5.41, 5.74) is 3.90. The second-order valence-electron chi connectivity index (χ2n) is 7.65. The number of halogens is 1. The summed E-state index contributed by atoms with van der Waals surface area (Å²) in [5, 5.41) is 18.3. The molecule has 0 bridgehead atoms. The second-order valence-corrected chi connectivity index (χ2v) is 7.65. The fourth-order valence-electron chi connectivity index (χ4n) is 3.70. The molecule has 1 aromatic heterocycles. The molecule has 1 atom stereocenters. The number of nitrogens with zero attached hydrogens (tertiary/aromatic N) is 4. The van der Waals surface area contributed by atoms with Crippen LogP contribution in [0, 0.1) is 24.1 Å². The van der Waals surface area contributed by atoms with E-state index in [-0.39, 0.29) is 17.5 Å². The maximum Gasteiger partial charge on any atom is 0.230 e. The van der Waals surface area contributed by atoms with E-state index < -0.39 is 5.82 Å². The molecule has 0 radical (unpaired) electrons. The summed E-state index contributed by atoms with van der Waals surface area (Å²) in [6, 6.07) is 11.7. The minimum Gasteiger partial charge on any atom is -0.326 e. The first-order chi connectivity index (χ1) is 15.9. The van der Waals surface area contributed by atoms with Crippen LogP contribution >= 0.6 is 0 Å². The molecule has 2 heterocycles. The van der Waals surface area contributed by atoms with E-state index in [1.807, 2.05) is 37.3 Å². The summed E-state index contributed by atoms with van der Waals surface area (Å²) in [7, 11) is 0. The van der Waals surface area contributed by atoms with Gasteiger partial charge in [-0.15, -0.1) is 0 Å². The molecule has 0 aliphatic carbocycles. The van der Waals surface area contributed by atoms with Crippen molar-refractivity contribution in [3.05, 3.63) is 77.1 Å². The van der Waals surface area contributed by atoms with Crippen LogP contribution in [0.1, 0.15) is 41.9 Å². The SMILES string of the molecule is CC(=O)Nc1cccc(Nc2ncnc(C3CC(c4ccc(C#N)cc4F)=CCN3)n2)c1C. The van der Waals surface area contributed by atoms with Gasteiger partial charge in [-0.25, -0.2) is 14.4 Å². The Hall–Kier alpha value is -4.16. The number of hydrogen-bond acceptors (Lipinski definition) is 7. The number of rotatable bonds is 5. The predicted molar refractivity (Wildman–Crippen MR) is 123 cm³/mol. The smallest absolute Gasteiger partial charge is 0.230 e. The van der Waals surface area contributed by atoms with Gasteiger partial charge in [-0.1, -0.05) is 18.2 Å². The molecule has 0 fully saturated rings. The Balaban J connectivity index is 1.54. The molecule has 8 nitrogen and oxygen atoms in total. The van der Waals surface area contributed by atoms with Gasteiger partial charge in [0.2, 0.25) is 11.9 Å². The monoisotopic (exact) mass is 443 g/mol. The Bertz CT molecular complexity index is 1280. The van der Waals surface area contributed by atoms with Crippen LogP contribution in [0.5, 0.6) is 0 Å². The maximum atomic E-state index is 14.5. The van der Waals surface area contributed by atoms with Crippen LogP contribution in [0.2, 0.25) is 0 Å². The summed E-state index contributed by atoms with van der Waals surface area (Å²) in [4.78, 5) is 24.5. The lowest BCUT2D eigenvalue weighted by molar-refractivity contribution is -0.114. The van der Waals surface area contributed by atoms with Crippen molar-refractivity contribution in [3.8, 4) is 6.07 Å². The Morgan fingerprint density at radius 1 is 1.24 bits per heavy atom. The molecule has 166 valence electrons. The quantitative estimate of drug-likeness (QED) is 0.546. The van der Waals surface area contributed by atoms with Crippen molar-refractivity contribution >= 4 is 28.8 Å². The first-order valence-electron chi connectivity index (χ1n) is 10.4. The number of nitriles is 1. The van der Waals surface area contributed by atoms with Crippen molar-refractivity contribution < 1.29 is 9.18 Å². The Morgan fingerprint density at radius 2 is 2.06 bits per heavy atom. The van der Waals surface area contributed by atoms with Gasteiger partial charge in [0.1, 0.15) is 12.1 Å². The number of nitrogens with one attached hydrogen (secondary N) is 3. The molecule has 0 spiro atoms. The number of aromatic nitrogens is 3. The van der Waals surface area contributed by atoms with Crippen LogP contribution in [0.15, 0.2) is 48.8 Å². The van der Waals surface area contributed by atoms with Gasteiger partial charge in [-0.3, -0.25) is 4.79 Å². The third-order valence-corrected chi connectivity index (χ3v) is 5.37. The number of amides is 1. The summed E-state index contributed by atoms with van der Waals surface area (Å²) < 4.78 is 14.5. The van der Waals surface area contributed by atoms with Crippen molar-refractivity contribution in [3.63, 3.8) is 0 Å². The fraction of sp³-hybridized carbons (Fsp3) is 0.208. The van der Waals surface area contributed by atoms with E-state index in [1.54, 1.807) is 12.1 Å². The largest absolute Gasteiger partial charge is 0.326 e. The van der Waals surface area contributed by atoms with Crippen molar-refractivity contribution in [2.45, 2.75) is 26.3 Å². The van der Waals surface area contributed by atoms with Gasteiger partial charge >= 0.3 is 0 Å². The summed E-state index contributed by atoms with van der Waals surface area (Å²) in [5.74, 6) is 0.325. The number of carbonyl (C=O) groups excluding carboxylic acids is 1. The third kappa shape index (κ3) is 5.02. The van der Waals surface area contributed by atoms with E-state index in [4.69, 9.17) is 5.26 Å². The standard InChI is InChI=1S/C24H22FN7O/c1-14-20(30-15(2)33)4-3-5-21(14)31-24-29-13-28-23(32-24)22-11-17(8-9-27-22)18-7-6-16(12-26)10-19(18)25/h3-8,10,13,22,27H,9,11H2,1-2H3,(H,30,33)(H,28,29,31,32). The minimum absolute atomic E-state index is 0.149. The van der Waals surface area contributed by atoms with E-state index in [9.17, 15) is 9.18 Å². The van der Waals surface area contributed by atoms with Crippen LogP contribution in [0.3, 0.4) is 0 Å². The summed E-state index contributed by atoms with van der Waals surface area (Å²) in [6.07, 6.45) is 3.85. The molecule has 9 heteroatoms. The van der Waals surface area contributed by atoms with Gasteiger partial charge in [0.15, 0.2) is 5.82 Å². The molecule has 0 saturated heterocycles. The van der Waals surface area contributed by atoms with Crippen LogP contribution in [-0.2, 0) is 4.79 Å². The van der Waals surface area contributed by atoms with Gasteiger partial charge < -0.3 is 16.0 Å². The zero-order chi connectivity index (χ0) is 23.4. The molecule has 3 aromatic rings. The zero-order valence-corrected chi connectivity index (χ0v) is 18.2. The molecular formula is C24H22FN7O. The Labute approximate surface area is 190 Å². The zero-order valence-electron chi connectivity index (χ0n) is 18.2. The lowest BCUT2D eigenvalue weighted by Gasteiger charge is -2.24. The van der Waals surface area contributed by atoms with E-state index in [2.05, 4.69) is 30.9 Å². The van der Waals surface area contributed by atoms with E-state index in [1.165, 1.54) is 19.3 Å². The average molecular weight is 443 g/mol. The number of carbonyl (C=O) groups is 1. The molecule has 0 saturated carbocycles. The number of anilines is 3. The molecule has 3 N–H and O–H groups in total. The lowest BCUT2D eigenvalue weighted by Crippen LogP contribution is -2.27. The maximum absolute atomic E-state index is 14.5. The normalized spacial score (nSPS) is 15.3. The van der Waals surface area contributed by atoms with Gasteiger partial charge in [0.25, 0.3) is 0 Å².